The van der Waals surface area contributed by atoms with Gasteiger partial charge in [0.1, 0.15) is 0 Å². The van der Waals surface area contributed by atoms with E-state index < -0.39 is 4.87 Å². The first kappa shape index (κ1) is 12.7. The molecule has 0 saturated carbocycles. The normalized spacial score (nSPS) is 23.0. The van der Waals surface area contributed by atoms with E-state index in [9.17, 15) is 4.79 Å². The first-order valence-corrected chi connectivity index (χ1v) is 7.93. The minimum Gasteiger partial charge on any atom is -0.304 e. The Morgan fingerprint density at radius 2 is 1.86 bits per heavy atom. The van der Waals surface area contributed by atoms with Crippen molar-refractivity contribution in [1.29, 1.82) is 0 Å². The Kier molecular flexibility index (Phi) is 2.86. The summed E-state index contributed by atoms with van der Waals surface area (Å²) in [4.78, 5) is 18.6. The van der Waals surface area contributed by atoms with Crippen LogP contribution in [0.3, 0.4) is 0 Å². The molecule has 0 aromatic heterocycles. The third-order valence-corrected chi connectivity index (χ3v) is 5.15. The van der Waals surface area contributed by atoms with E-state index in [-0.39, 0.29) is 5.91 Å². The second-order valence-electron chi connectivity index (χ2n) is 5.16. The van der Waals surface area contributed by atoms with E-state index in [0.717, 1.165) is 22.6 Å². The molecule has 4 heteroatoms. The van der Waals surface area contributed by atoms with E-state index in [4.69, 9.17) is 0 Å². The predicted octanol–water partition coefficient (Wildman–Crippen LogP) is 3.20. The molecule has 2 heterocycles. The zero-order chi connectivity index (χ0) is 14.3. The summed E-state index contributed by atoms with van der Waals surface area (Å²) in [6, 6.07) is 18.1. The van der Waals surface area contributed by atoms with Crippen LogP contribution in [0.1, 0.15) is 11.1 Å². The Morgan fingerprint density at radius 1 is 1.10 bits per heavy atom. The highest BCUT2D eigenvalue weighted by molar-refractivity contribution is 8.01. The molecule has 0 saturated heterocycles. The number of rotatable bonds is 2. The van der Waals surface area contributed by atoms with E-state index in [1.807, 2.05) is 65.7 Å². The molecule has 3 nitrogen and oxygen atoms in total. The van der Waals surface area contributed by atoms with Crippen LogP contribution >= 0.6 is 11.8 Å². The molecule has 4 rings (SSSR count). The van der Waals surface area contributed by atoms with Gasteiger partial charge in [-0.2, -0.15) is 0 Å². The highest BCUT2D eigenvalue weighted by Crippen LogP contribution is 2.51. The molecule has 2 aromatic carbocycles. The Balaban J connectivity index is 1.79. The van der Waals surface area contributed by atoms with Crippen LogP contribution in [0.4, 0.5) is 5.69 Å². The fourth-order valence-corrected chi connectivity index (χ4v) is 4.05. The molecule has 2 aliphatic rings. The average molecular weight is 294 g/mol. The van der Waals surface area contributed by atoms with E-state index in [2.05, 4.69) is 4.99 Å². The number of hydrogen-bond acceptors (Lipinski definition) is 3. The molecule has 0 fully saturated rings. The van der Waals surface area contributed by atoms with Gasteiger partial charge in [0, 0.05) is 17.5 Å². The van der Waals surface area contributed by atoms with E-state index in [1.165, 1.54) is 0 Å². The minimum absolute atomic E-state index is 0.0753. The second kappa shape index (κ2) is 4.74. The lowest BCUT2D eigenvalue weighted by molar-refractivity contribution is -0.120. The summed E-state index contributed by atoms with van der Waals surface area (Å²) in [7, 11) is 0. The smallest absolute Gasteiger partial charge is 0.270 e. The van der Waals surface area contributed by atoms with Crippen LogP contribution in [0.5, 0.6) is 0 Å². The molecule has 104 valence electrons. The third-order valence-electron chi connectivity index (χ3n) is 3.92. The van der Waals surface area contributed by atoms with Gasteiger partial charge in [-0.15, -0.1) is 11.8 Å². The SMILES string of the molecule is O=C1N(Cc2ccccc2)c2ccccc2C12N=CCS2. The standard InChI is InChI=1S/C17H14N2OS/c20-16-17(18-10-11-21-17)14-8-4-5-9-15(14)19(16)12-13-6-2-1-3-7-13/h1-10H,11-12H2. The van der Waals surface area contributed by atoms with E-state index in [0.29, 0.717) is 6.54 Å². The highest BCUT2D eigenvalue weighted by atomic mass is 32.2. The quantitative estimate of drug-likeness (QED) is 0.852. The monoisotopic (exact) mass is 294 g/mol. The second-order valence-corrected chi connectivity index (χ2v) is 6.37. The van der Waals surface area contributed by atoms with Gasteiger partial charge >= 0.3 is 0 Å². The maximum Gasteiger partial charge on any atom is 0.270 e. The maximum atomic E-state index is 13.0. The van der Waals surface area contributed by atoms with Crippen LogP contribution in [0, 0.1) is 0 Å². The number of carbonyl (C=O) groups excluding carboxylic acids is 1. The number of carbonyl (C=O) groups is 1. The van der Waals surface area contributed by atoms with Crippen LogP contribution in [0.2, 0.25) is 0 Å². The summed E-state index contributed by atoms with van der Waals surface area (Å²) in [6.07, 6.45) is 1.85. The molecule has 1 unspecified atom stereocenters. The van der Waals surface area contributed by atoms with Crippen molar-refractivity contribution in [2.24, 2.45) is 4.99 Å². The van der Waals surface area contributed by atoms with Crippen LogP contribution in [-0.4, -0.2) is 17.9 Å². The number of thioether (sulfide) groups is 1. The Labute approximate surface area is 127 Å². The molecule has 1 amide bonds. The topological polar surface area (TPSA) is 32.7 Å². The van der Waals surface area contributed by atoms with Gasteiger partial charge in [-0.25, -0.2) is 0 Å². The zero-order valence-electron chi connectivity index (χ0n) is 11.4. The highest BCUT2D eigenvalue weighted by Gasteiger charge is 2.52. The van der Waals surface area contributed by atoms with Gasteiger partial charge in [0.2, 0.25) is 4.87 Å². The van der Waals surface area contributed by atoms with Crippen molar-refractivity contribution in [2.45, 2.75) is 11.4 Å². The molecule has 0 bridgehead atoms. The van der Waals surface area contributed by atoms with Crippen molar-refractivity contribution in [1.82, 2.24) is 0 Å². The van der Waals surface area contributed by atoms with Crippen LogP contribution in [0.25, 0.3) is 0 Å². The molecule has 2 aromatic rings. The predicted molar refractivity (Wildman–Crippen MR) is 86.7 cm³/mol. The van der Waals surface area contributed by atoms with Crippen molar-refractivity contribution in [3.05, 3.63) is 65.7 Å². The molecule has 0 radical (unpaired) electrons. The number of aliphatic imine (C=N–C) groups is 1. The molecule has 2 aliphatic heterocycles. The van der Waals surface area contributed by atoms with Gasteiger partial charge in [-0.1, -0.05) is 48.5 Å². The lowest BCUT2D eigenvalue weighted by Crippen LogP contribution is -2.35. The summed E-state index contributed by atoms with van der Waals surface area (Å²) >= 11 is 1.60. The average Bonchev–Trinajstić information content (AvgIpc) is 3.11. The molecular weight excluding hydrogens is 280 g/mol. The van der Waals surface area contributed by atoms with Crippen molar-refractivity contribution in [2.75, 3.05) is 10.7 Å². The molecular formula is C17H14N2OS. The Bertz CT molecular complexity index is 729. The number of amides is 1. The van der Waals surface area contributed by atoms with Crippen LogP contribution in [-0.2, 0) is 16.2 Å². The minimum atomic E-state index is -0.745. The van der Waals surface area contributed by atoms with Crippen molar-refractivity contribution in [3.63, 3.8) is 0 Å². The number of hydrogen-bond donors (Lipinski definition) is 0. The molecule has 0 N–H and O–H groups in total. The number of benzene rings is 2. The lowest BCUT2D eigenvalue weighted by Gasteiger charge is -2.20. The van der Waals surface area contributed by atoms with E-state index >= 15 is 0 Å². The molecule has 1 spiro atoms. The van der Waals surface area contributed by atoms with Gasteiger partial charge in [0.05, 0.1) is 12.2 Å². The van der Waals surface area contributed by atoms with Crippen molar-refractivity contribution >= 4 is 29.6 Å². The van der Waals surface area contributed by atoms with Gasteiger partial charge < -0.3 is 4.90 Å². The van der Waals surface area contributed by atoms with Crippen molar-refractivity contribution < 1.29 is 4.79 Å². The van der Waals surface area contributed by atoms with Crippen LogP contribution in [0.15, 0.2) is 59.6 Å². The molecule has 0 aliphatic carbocycles. The first-order chi connectivity index (χ1) is 10.3. The summed E-state index contributed by atoms with van der Waals surface area (Å²) < 4.78 is 0. The van der Waals surface area contributed by atoms with Crippen LogP contribution < -0.4 is 4.90 Å². The molecule has 21 heavy (non-hydrogen) atoms. The van der Waals surface area contributed by atoms with Gasteiger partial charge in [-0.3, -0.25) is 9.79 Å². The number of fused-ring (bicyclic) bond motifs is 2. The van der Waals surface area contributed by atoms with Gasteiger partial charge in [0.25, 0.3) is 5.91 Å². The number of anilines is 1. The first-order valence-electron chi connectivity index (χ1n) is 6.94. The summed E-state index contributed by atoms with van der Waals surface area (Å²) in [5.41, 5.74) is 3.13. The number of para-hydroxylation sites is 1. The van der Waals surface area contributed by atoms with E-state index in [1.54, 1.807) is 11.8 Å². The Morgan fingerprint density at radius 3 is 2.62 bits per heavy atom. The number of nitrogens with zero attached hydrogens (tertiary/aromatic N) is 2. The maximum absolute atomic E-state index is 13.0. The third kappa shape index (κ3) is 1.83. The van der Waals surface area contributed by atoms with Crippen molar-refractivity contribution in [3.8, 4) is 0 Å². The van der Waals surface area contributed by atoms with Gasteiger partial charge in [0.15, 0.2) is 0 Å². The fourth-order valence-electron chi connectivity index (χ4n) is 2.95. The molecule has 1 atom stereocenters. The Hall–Kier alpha value is -2.07. The lowest BCUT2D eigenvalue weighted by atomic mass is 10.1. The summed E-state index contributed by atoms with van der Waals surface area (Å²) in [5.74, 6) is 0.866. The van der Waals surface area contributed by atoms with Gasteiger partial charge in [-0.05, 0) is 11.6 Å². The summed E-state index contributed by atoms with van der Waals surface area (Å²) in [6.45, 7) is 0.592. The largest absolute Gasteiger partial charge is 0.304 e. The summed E-state index contributed by atoms with van der Waals surface area (Å²) in [5, 5.41) is 0. The zero-order valence-corrected chi connectivity index (χ0v) is 12.2. The fraction of sp³-hybridized carbons (Fsp3) is 0.176.